The molecule has 0 atom stereocenters. The van der Waals surface area contributed by atoms with Crippen LogP contribution in [0.15, 0.2) is 42.5 Å². The summed E-state index contributed by atoms with van der Waals surface area (Å²) in [5.41, 5.74) is 3.02. The highest BCUT2D eigenvalue weighted by atomic mass is 32.2. The van der Waals surface area contributed by atoms with E-state index in [1.165, 1.54) is 4.31 Å². The molecule has 1 aliphatic heterocycles. The van der Waals surface area contributed by atoms with Crippen molar-refractivity contribution in [3.63, 3.8) is 0 Å². The highest BCUT2D eigenvalue weighted by Crippen LogP contribution is 2.28. The summed E-state index contributed by atoms with van der Waals surface area (Å²) >= 11 is 0. The van der Waals surface area contributed by atoms with Crippen molar-refractivity contribution >= 4 is 21.6 Å². The Hall–Kier alpha value is -2.54. The van der Waals surface area contributed by atoms with Gasteiger partial charge in [-0.1, -0.05) is 23.8 Å². The maximum Gasteiger partial charge on any atom is 0.251 e. The molecule has 0 radical (unpaired) electrons. The Morgan fingerprint density at radius 1 is 1.11 bits per heavy atom. The summed E-state index contributed by atoms with van der Waals surface area (Å²) in [5, 5.41) is 2.82. The molecular weight excluding hydrogens is 376 g/mol. The van der Waals surface area contributed by atoms with Gasteiger partial charge in [-0.05, 0) is 56.5 Å². The molecule has 0 saturated carbocycles. The number of nitrogens with zero attached hydrogens (tertiary/aromatic N) is 1. The Labute approximate surface area is 166 Å². The molecule has 2 aromatic carbocycles. The average Bonchev–Trinajstić information content (AvgIpc) is 2.67. The first-order valence-electron chi connectivity index (χ1n) is 9.45. The largest absolute Gasteiger partial charge is 0.492 e. The fourth-order valence-electron chi connectivity index (χ4n) is 3.15. The first-order chi connectivity index (χ1) is 13.4. The van der Waals surface area contributed by atoms with Crippen LogP contribution in [0.5, 0.6) is 5.75 Å². The first-order valence-corrected chi connectivity index (χ1v) is 11.1. The lowest BCUT2D eigenvalue weighted by Gasteiger charge is -2.29. The molecule has 1 fully saturated rings. The van der Waals surface area contributed by atoms with E-state index < -0.39 is 10.0 Å². The third-order valence-corrected chi connectivity index (χ3v) is 6.62. The topological polar surface area (TPSA) is 75.7 Å². The second-order valence-corrected chi connectivity index (χ2v) is 9.03. The Bertz CT molecular complexity index is 939. The highest BCUT2D eigenvalue weighted by molar-refractivity contribution is 7.92. The van der Waals surface area contributed by atoms with Crippen molar-refractivity contribution in [3.05, 3.63) is 59.2 Å². The Kier molecular flexibility index (Phi) is 6.24. The van der Waals surface area contributed by atoms with Gasteiger partial charge in [0.1, 0.15) is 12.4 Å². The second-order valence-electron chi connectivity index (χ2n) is 7.01. The fourth-order valence-corrected chi connectivity index (χ4v) is 4.84. The summed E-state index contributed by atoms with van der Waals surface area (Å²) in [4.78, 5) is 12.5. The zero-order valence-corrected chi connectivity index (χ0v) is 17.1. The van der Waals surface area contributed by atoms with Gasteiger partial charge < -0.3 is 10.1 Å². The van der Waals surface area contributed by atoms with E-state index in [4.69, 9.17) is 4.74 Å². The molecule has 6 nitrogen and oxygen atoms in total. The maximum atomic E-state index is 12.5. The van der Waals surface area contributed by atoms with Crippen LogP contribution in [0, 0.1) is 13.8 Å². The van der Waals surface area contributed by atoms with Crippen molar-refractivity contribution in [1.82, 2.24) is 5.32 Å². The van der Waals surface area contributed by atoms with Crippen LogP contribution in [0.3, 0.4) is 0 Å². The molecule has 0 aromatic heterocycles. The van der Waals surface area contributed by atoms with Crippen LogP contribution in [0.1, 0.15) is 34.3 Å². The Morgan fingerprint density at radius 2 is 1.86 bits per heavy atom. The van der Waals surface area contributed by atoms with Gasteiger partial charge in [0.25, 0.3) is 5.91 Å². The van der Waals surface area contributed by atoms with E-state index in [9.17, 15) is 13.2 Å². The van der Waals surface area contributed by atoms with E-state index in [0.717, 1.165) is 23.3 Å². The van der Waals surface area contributed by atoms with Gasteiger partial charge in [-0.15, -0.1) is 0 Å². The zero-order chi connectivity index (χ0) is 20.1. The molecule has 1 aliphatic rings. The van der Waals surface area contributed by atoms with Crippen LogP contribution in [0.2, 0.25) is 0 Å². The number of sulfonamides is 1. The number of nitrogens with one attached hydrogen (secondary N) is 1. The smallest absolute Gasteiger partial charge is 0.251 e. The monoisotopic (exact) mass is 402 g/mol. The number of carbonyl (C=O) groups excluding carboxylic acids is 1. The normalized spacial score (nSPS) is 15.9. The third kappa shape index (κ3) is 4.84. The standard InChI is InChI=1S/C21H26N2O4S/c1-16-5-9-19(10-6-16)27-13-11-22-21(24)18-8-7-17(2)20(15-18)23-12-3-4-14-28(23,25)26/h5-10,15H,3-4,11-14H2,1-2H3,(H,22,24). The molecule has 0 spiro atoms. The number of anilines is 1. The van der Waals surface area contributed by atoms with Crippen LogP contribution < -0.4 is 14.4 Å². The SMILES string of the molecule is Cc1ccc(OCCNC(=O)c2ccc(C)c(N3CCCCS3(=O)=O)c2)cc1. The minimum absolute atomic E-state index is 0.152. The average molecular weight is 403 g/mol. The summed E-state index contributed by atoms with van der Waals surface area (Å²) < 4.78 is 31.8. The third-order valence-electron chi connectivity index (χ3n) is 4.77. The van der Waals surface area contributed by atoms with Crippen molar-refractivity contribution in [2.45, 2.75) is 26.7 Å². The second kappa shape index (κ2) is 8.65. The van der Waals surface area contributed by atoms with Gasteiger partial charge in [-0.3, -0.25) is 9.10 Å². The minimum Gasteiger partial charge on any atom is -0.492 e. The van der Waals surface area contributed by atoms with Gasteiger partial charge in [-0.2, -0.15) is 0 Å². The molecule has 0 aliphatic carbocycles. The van der Waals surface area contributed by atoms with Crippen molar-refractivity contribution in [2.75, 3.05) is 29.8 Å². The predicted octanol–water partition coefficient (Wildman–Crippen LogP) is 3.04. The first kappa shape index (κ1) is 20.2. The van der Waals surface area contributed by atoms with Crippen LogP contribution in [-0.4, -0.2) is 39.8 Å². The van der Waals surface area contributed by atoms with Gasteiger partial charge in [0, 0.05) is 12.1 Å². The minimum atomic E-state index is -3.31. The maximum absolute atomic E-state index is 12.5. The van der Waals surface area contributed by atoms with Crippen LogP contribution in [-0.2, 0) is 10.0 Å². The molecule has 1 N–H and O–H groups in total. The predicted molar refractivity (Wildman–Crippen MR) is 111 cm³/mol. The van der Waals surface area contributed by atoms with Gasteiger partial charge in [0.15, 0.2) is 0 Å². The molecule has 1 amide bonds. The summed E-state index contributed by atoms with van der Waals surface area (Å²) in [6, 6.07) is 12.9. The number of rotatable bonds is 6. The van der Waals surface area contributed by atoms with E-state index in [1.807, 2.05) is 38.1 Å². The van der Waals surface area contributed by atoms with E-state index >= 15 is 0 Å². The summed E-state index contributed by atoms with van der Waals surface area (Å²) in [6.45, 7) is 5.04. The van der Waals surface area contributed by atoms with Gasteiger partial charge >= 0.3 is 0 Å². The number of ether oxygens (including phenoxy) is 1. The lowest BCUT2D eigenvalue weighted by Crippen LogP contribution is -2.38. The number of hydrogen-bond acceptors (Lipinski definition) is 4. The van der Waals surface area contributed by atoms with E-state index in [-0.39, 0.29) is 11.7 Å². The lowest BCUT2D eigenvalue weighted by molar-refractivity contribution is 0.0947. The quantitative estimate of drug-likeness (QED) is 0.754. The van der Waals surface area contributed by atoms with E-state index in [0.29, 0.717) is 37.4 Å². The molecule has 0 bridgehead atoms. The van der Waals surface area contributed by atoms with Gasteiger partial charge in [0.2, 0.25) is 10.0 Å². The van der Waals surface area contributed by atoms with Crippen molar-refractivity contribution in [3.8, 4) is 5.75 Å². The molecule has 3 rings (SSSR count). The molecule has 150 valence electrons. The zero-order valence-electron chi connectivity index (χ0n) is 16.3. The molecule has 1 saturated heterocycles. The van der Waals surface area contributed by atoms with Gasteiger partial charge in [-0.25, -0.2) is 8.42 Å². The number of benzene rings is 2. The molecule has 0 unspecified atom stereocenters. The van der Waals surface area contributed by atoms with Crippen molar-refractivity contribution < 1.29 is 17.9 Å². The number of aryl methyl sites for hydroxylation is 2. The molecular formula is C21H26N2O4S. The molecule has 2 aromatic rings. The van der Waals surface area contributed by atoms with Gasteiger partial charge in [0.05, 0.1) is 18.0 Å². The number of hydrogen-bond donors (Lipinski definition) is 1. The number of carbonyl (C=O) groups is 1. The Morgan fingerprint density at radius 3 is 2.57 bits per heavy atom. The highest BCUT2D eigenvalue weighted by Gasteiger charge is 2.27. The summed E-state index contributed by atoms with van der Waals surface area (Å²) in [7, 11) is -3.31. The number of amides is 1. The molecule has 1 heterocycles. The molecule has 28 heavy (non-hydrogen) atoms. The summed E-state index contributed by atoms with van der Waals surface area (Å²) in [6.07, 6.45) is 1.50. The van der Waals surface area contributed by atoms with Crippen molar-refractivity contribution in [2.24, 2.45) is 0 Å². The van der Waals surface area contributed by atoms with Crippen LogP contribution in [0.4, 0.5) is 5.69 Å². The fraction of sp³-hybridized carbons (Fsp3) is 0.381. The lowest BCUT2D eigenvalue weighted by atomic mass is 10.1. The van der Waals surface area contributed by atoms with E-state index in [1.54, 1.807) is 18.2 Å². The molecule has 7 heteroatoms. The van der Waals surface area contributed by atoms with Crippen LogP contribution >= 0.6 is 0 Å². The van der Waals surface area contributed by atoms with Crippen LogP contribution in [0.25, 0.3) is 0 Å². The van der Waals surface area contributed by atoms with Crippen molar-refractivity contribution in [1.29, 1.82) is 0 Å². The Balaban J connectivity index is 1.61. The summed E-state index contributed by atoms with van der Waals surface area (Å²) in [5.74, 6) is 0.662. The van der Waals surface area contributed by atoms with E-state index in [2.05, 4.69) is 5.32 Å².